The van der Waals surface area contributed by atoms with Crippen LogP contribution in [0.2, 0.25) is 0 Å². The molecule has 1 amide bonds. The third kappa shape index (κ3) is 3.69. The Hall–Kier alpha value is -1.66. The number of anilines is 1. The van der Waals surface area contributed by atoms with Crippen molar-refractivity contribution in [3.8, 4) is 0 Å². The number of amides is 1. The Morgan fingerprint density at radius 1 is 1.53 bits per heavy atom. The van der Waals surface area contributed by atoms with Gasteiger partial charge in [-0.1, -0.05) is 6.08 Å². The van der Waals surface area contributed by atoms with Crippen LogP contribution in [-0.4, -0.2) is 14.3 Å². The first-order valence-corrected chi connectivity index (χ1v) is 6.43. The first kappa shape index (κ1) is 13.4. The third-order valence-corrected chi connectivity index (χ3v) is 3.04. The maximum atomic E-state index is 11.3. The Bertz CT molecular complexity index is 550. The average molecular weight is 254 g/mol. The second kappa shape index (κ2) is 5.11. The van der Waals surface area contributed by atoms with E-state index in [0.29, 0.717) is 11.3 Å². The van der Waals surface area contributed by atoms with Crippen LogP contribution >= 0.6 is 0 Å². The van der Waals surface area contributed by atoms with Gasteiger partial charge in [-0.05, 0) is 30.7 Å². The molecule has 1 aromatic rings. The van der Waals surface area contributed by atoms with Gasteiger partial charge >= 0.3 is 0 Å². The van der Waals surface area contributed by atoms with Gasteiger partial charge in [0.2, 0.25) is 15.9 Å². The molecule has 0 aliphatic rings. The summed E-state index contributed by atoms with van der Waals surface area (Å²) >= 11 is 0. The van der Waals surface area contributed by atoms with Crippen molar-refractivity contribution < 1.29 is 13.2 Å². The Morgan fingerprint density at radius 3 is 2.65 bits per heavy atom. The summed E-state index contributed by atoms with van der Waals surface area (Å²) in [5, 5.41) is 7.64. The zero-order valence-corrected chi connectivity index (χ0v) is 10.3. The Kier molecular flexibility index (Phi) is 4.03. The van der Waals surface area contributed by atoms with Crippen LogP contribution in [0.5, 0.6) is 0 Å². The maximum absolute atomic E-state index is 11.3. The van der Waals surface area contributed by atoms with E-state index < -0.39 is 10.0 Å². The number of nitrogens with one attached hydrogen (secondary N) is 1. The molecule has 0 saturated carbocycles. The molecule has 0 aliphatic carbocycles. The molecule has 0 radical (unpaired) electrons. The largest absolute Gasteiger partial charge is 0.326 e. The number of benzene rings is 1. The van der Waals surface area contributed by atoms with Gasteiger partial charge in [0.05, 0.1) is 4.90 Å². The molecule has 0 atom stereocenters. The minimum atomic E-state index is -3.71. The lowest BCUT2D eigenvalue weighted by molar-refractivity contribution is -0.115. The van der Waals surface area contributed by atoms with Crippen LogP contribution < -0.4 is 10.5 Å². The van der Waals surface area contributed by atoms with Crippen molar-refractivity contribution in [3.05, 3.63) is 36.4 Å². The molecule has 92 valence electrons. The normalized spacial score (nSPS) is 10.9. The van der Waals surface area contributed by atoms with Crippen molar-refractivity contribution in [3.63, 3.8) is 0 Å². The second-order valence-corrected chi connectivity index (χ2v) is 5.12. The third-order valence-electron chi connectivity index (χ3n) is 2.13. The summed E-state index contributed by atoms with van der Waals surface area (Å²) in [6.07, 6.45) is 1.69. The van der Waals surface area contributed by atoms with Gasteiger partial charge in [-0.3, -0.25) is 4.79 Å². The topological polar surface area (TPSA) is 89.3 Å². The number of hydrogen-bond acceptors (Lipinski definition) is 3. The van der Waals surface area contributed by atoms with E-state index in [-0.39, 0.29) is 17.2 Å². The number of aryl methyl sites for hydroxylation is 1. The Balaban J connectivity index is 2.99. The molecule has 0 fully saturated rings. The molecular formula is C11H14N2O3S. The van der Waals surface area contributed by atoms with Crippen LogP contribution in [-0.2, 0) is 14.8 Å². The highest BCUT2D eigenvalue weighted by atomic mass is 32.2. The highest BCUT2D eigenvalue weighted by Crippen LogP contribution is 2.18. The zero-order valence-electron chi connectivity index (χ0n) is 9.43. The fourth-order valence-corrected chi connectivity index (χ4v) is 1.88. The van der Waals surface area contributed by atoms with Gasteiger partial charge in [-0.15, -0.1) is 6.58 Å². The van der Waals surface area contributed by atoms with Crippen molar-refractivity contribution in [1.29, 1.82) is 0 Å². The van der Waals surface area contributed by atoms with E-state index in [1.54, 1.807) is 6.92 Å². The molecule has 3 N–H and O–H groups in total. The highest BCUT2D eigenvalue weighted by molar-refractivity contribution is 7.89. The molecule has 0 bridgehead atoms. The van der Waals surface area contributed by atoms with Crippen LogP contribution in [0.25, 0.3) is 0 Å². The number of nitrogens with two attached hydrogens (primary N) is 1. The summed E-state index contributed by atoms with van der Waals surface area (Å²) in [4.78, 5) is 11.3. The van der Waals surface area contributed by atoms with E-state index in [0.717, 1.165) is 0 Å². The summed E-state index contributed by atoms with van der Waals surface area (Å²) in [7, 11) is -3.71. The van der Waals surface area contributed by atoms with Crippen molar-refractivity contribution >= 4 is 21.6 Å². The van der Waals surface area contributed by atoms with Crippen LogP contribution in [0.1, 0.15) is 12.0 Å². The average Bonchev–Trinajstić information content (AvgIpc) is 2.20. The lowest BCUT2D eigenvalue weighted by Gasteiger charge is -2.08. The SMILES string of the molecule is C=CCC(=O)Nc1ccc(S(N)(=O)=O)cc1C. The second-order valence-electron chi connectivity index (χ2n) is 3.56. The van der Waals surface area contributed by atoms with E-state index in [9.17, 15) is 13.2 Å². The highest BCUT2D eigenvalue weighted by Gasteiger charge is 2.10. The molecular weight excluding hydrogens is 240 g/mol. The van der Waals surface area contributed by atoms with Crippen LogP contribution in [0.3, 0.4) is 0 Å². The molecule has 1 aromatic carbocycles. The van der Waals surface area contributed by atoms with E-state index >= 15 is 0 Å². The quantitative estimate of drug-likeness (QED) is 0.790. The number of carbonyl (C=O) groups excluding carboxylic acids is 1. The predicted molar refractivity (Wildman–Crippen MR) is 66.0 cm³/mol. The fraction of sp³-hybridized carbons (Fsp3) is 0.182. The van der Waals surface area contributed by atoms with Crippen LogP contribution in [0.15, 0.2) is 35.7 Å². The fourth-order valence-electron chi connectivity index (χ4n) is 1.29. The summed E-state index contributed by atoms with van der Waals surface area (Å²) in [6.45, 7) is 5.15. The van der Waals surface area contributed by atoms with E-state index in [2.05, 4.69) is 11.9 Å². The van der Waals surface area contributed by atoms with Crippen LogP contribution in [0.4, 0.5) is 5.69 Å². The lowest BCUT2D eigenvalue weighted by atomic mass is 10.2. The smallest absolute Gasteiger partial charge is 0.238 e. The first-order valence-electron chi connectivity index (χ1n) is 4.89. The molecule has 0 saturated heterocycles. The van der Waals surface area contributed by atoms with E-state index in [1.165, 1.54) is 24.3 Å². The number of rotatable bonds is 4. The van der Waals surface area contributed by atoms with Crippen molar-refractivity contribution in [2.75, 3.05) is 5.32 Å². The monoisotopic (exact) mass is 254 g/mol. The number of hydrogen-bond donors (Lipinski definition) is 2. The van der Waals surface area contributed by atoms with Gasteiger partial charge in [0.1, 0.15) is 0 Å². The molecule has 5 nitrogen and oxygen atoms in total. The maximum Gasteiger partial charge on any atom is 0.238 e. The summed E-state index contributed by atoms with van der Waals surface area (Å²) in [5.74, 6) is -0.202. The molecule has 17 heavy (non-hydrogen) atoms. The molecule has 1 rings (SSSR count). The Labute approximate surface area is 100 Å². The Morgan fingerprint density at radius 2 is 2.18 bits per heavy atom. The lowest BCUT2D eigenvalue weighted by Crippen LogP contribution is -2.14. The molecule has 0 spiro atoms. The number of primary sulfonamides is 1. The predicted octanol–water partition coefficient (Wildman–Crippen LogP) is 1.16. The van der Waals surface area contributed by atoms with Gasteiger partial charge < -0.3 is 5.32 Å². The van der Waals surface area contributed by atoms with Crippen molar-refractivity contribution in [2.24, 2.45) is 5.14 Å². The molecule has 0 heterocycles. The van der Waals surface area contributed by atoms with E-state index in [1.807, 2.05) is 0 Å². The number of sulfonamides is 1. The first-order chi connectivity index (χ1) is 7.84. The van der Waals surface area contributed by atoms with Gasteiger partial charge in [0.25, 0.3) is 0 Å². The van der Waals surface area contributed by atoms with Crippen molar-refractivity contribution in [2.45, 2.75) is 18.2 Å². The standard InChI is InChI=1S/C11H14N2O3S/c1-3-4-11(14)13-10-6-5-9(7-8(10)2)17(12,15)16/h3,5-7H,1,4H2,2H3,(H,13,14)(H2,12,15,16). The minimum absolute atomic E-state index is 0.0247. The van der Waals surface area contributed by atoms with Gasteiger partial charge in [0, 0.05) is 12.1 Å². The molecule has 0 aliphatic heterocycles. The molecule has 0 unspecified atom stereocenters. The molecule has 0 aromatic heterocycles. The number of carbonyl (C=O) groups is 1. The summed E-state index contributed by atoms with van der Waals surface area (Å²) < 4.78 is 22.2. The van der Waals surface area contributed by atoms with E-state index in [4.69, 9.17) is 5.14 Å². The van der Waals surface area contributed by atoms with Crippen molar-refractivity contribution in [1.82, 2.24) is 0 Å². The van der Waals surface area contributed by atoms with Gasteiger partial charge in [-0.25, -0.2) is 13.6 Å². The van der Waals surface area contributed by atoms with Crippen LogP contribution in [0, 0.1) is 6.92 Å². The summed E-state index contributed by atoms with van der Waals surface area (Å²) in [5.41, 5.74) is 1.19. The zero-order chi connectivity index (χ0) is 13.1. The summed E-state index contributed by atoms with van der Waals surface area (Å²) in [6, 6.07) is 4.28. The van der Waals surface area contributed by atoms with Gasteiger partial charge in [0.15, 0.2) is 0 Å². The minimum Gasteiger partial charge on any atom is -0.326 e. The van der Waals surface area contributed by atoms with Gasteiger partial charge in [-0.2, -0.15) is 0 Å². The molecule has 6 heteroatoms.